The van der Waals surface area contributed by atoms with Crippen molar-refractivity contribution >= 4 is 34.1 Å². The van der Waals surface area contributed by atoms with Gasteiger partial charge in [-0.15, -0.1) is 11.3 Å². The molecule has 4 rings (SSSR count). The van der Waals surface area contributed by atoms with Gasteiger partial charge in [-0.3, -0.25) is 14.4 Å². The number of carbonyl (C=O) groups excluding carboxylic acids is 2. The summed E-state index contributed by atoms with van der Waals surface area (Å²) >= 11 is 1.46. The molecule has 2 heterocycles. The zero-order valence-electron chi connectivity index (χ0n) is 17.6. The summed E-state index contributed by atoms with van der Waals surface area (Å²) in [7, 11) is 0. The number of furan rings is 1. The molecule has 0 spiro atoms. The molecule has 2 aliphatic carbocycles. The van der Waals surface area contributed by atoms with E-state index in [1.807, 2.05) is 0 Å². The van der Waals surface area contributed by atoms with Gasteiger partial charge in [0.15, 0.2) is 0 Å². The van der Waals surface area contributed by atoms with Crippen molar-refractivity contribution in [2.45, 2.75) is 58.4 Å². The second kappa shape index (κ2) is 9.26. The highest BCUT2D eigenvalue weighted by atomic mass is 32.1. The molecule has 0 saturated heterocycles. The number of hydrogen-bond donors (Lipinski definition) is 3. The number of carboxylic acids is 1. The van der Waals surface area contributed by atoms with Crippen molar-refractivity contribution in [2.75, 3.05) is 5.32 Å². The monoisotopic (exact) mass is 444 g/mol. The standard InChI is InChI=1S/C23H28N2O5S/c1-13-8-9-17-18(11-13)31-22(19(17)21(27)24-12-14-5-4-10-30-14)25-20(26)15-6-2-3-7-16(15)23(28)29/h4-5,10,13,15-16H,2-3,6-9,11-12H2,1H3,(H,24,27)(H,25,26)(H,28,29)/t13-,15+,16-/m1/s1. The summed E-state index contributed by atoms with van der Waals surface area (Å²) in [4.78, 5) is 39.0. The number of carbonyl (C=O) groups is 3. The Morgan fingerprint density at radius 3 is 2.68 bits per heavy atom. The Morgan fingerprint density at radius 1 is 1.19 bits per heavy atom. The summed E-state index contributed by atoms with van der Waals surface area (Å²) in [5.74, 6) is -1.50. The Labute approximate surface area is 185 Å². The predicted molar refractivity (Wildman–Crippen MR) is 117 cm³/mol. The van der Waals surface area contributed by atoms with E-state index < -0.39 is 17.8 Å². The van der Waals surface area contributed by atoms with Crippen molar-refractivity contribution < 1.29 is 23.9 Å². The zero-order valence-corrected chi connectivity index (χ0v) is 18.4. The lowest BCUT2D eigenvalue weighted by atomic mass is 9.78. The summed E-state index contributed by atoms with van der Waals surface area (Å²) in [5.41, 5.74) is 1.53. The molecule has 8 heteroatoms. The van der Waals surface area contributed by atoms with Crippen molar-refractivity contribution in [1.82, 2.24) is 5.32 Å². The van der Waals surface area contributed by atoms with E-state index >= 15 is 0 Å². The van der Waals surface area contributed by atoms with E-state index in [1.54, 1.807) is 18.4 Å². The van der Waals surface area contributed by atoms with Gasteiger partial charge in [0.1, 0.15) is 10.8 Å². The molecular formula is C23H28N2O5S. The largest absolute Gasteiger partial charge is 0.481 e. The molecule has 3 atom stereocenters. The van der Waals surface area contributed by atoms with Crippen LogP contribution in [0.3, 0.4) is 0 Å². The minimum Gasteiger partial charge on any atom is -0.481 e. The molecule has 31 heavy (non-hydrogen) atoms. The predicted octanol–water partition coefficient (Wildman–Crippen LogP) is 4.23. The highest BCUT2D eigenvalue weighted by molar-refractivity contribution is 7.17. The van der Waals surface area contributed by atoms with E-state index in [0.29, 0.717) is 35.1 Å². The van der Waals surface area contributed by atoms with Gasteiger partial charge >= 0.3 is 5.97 Å². The van der Waals surface area contributed by atoms with Crippen LogP contribution >= 0.6 is 11.3 Å². The third kappa shape index (κ3) is 4.69. The summed E-state index contributed by atoms with van der Waals surface area (Å²) in [5, 5.41) is 15.9. The van der Waals surface area contributed by atoms with E-state index in [4.69, 9.17) is 4.42 Å². The number of amides is 2. The Bertz CT molecular complexity index is 965. The molecule has 1 fully saturated rings. The second-order valence-corrected chi connectivity index (χ2v) is 9.75. The van der Waals surface area contributed by atoms with Crippen molar-refractivity contribution in [3.05, 3.63) is 40.2 Å². The maximum Gasteiger partial charge on any atom is 0.307 e. The third-order valence-electron chi connectivity index (χ3n) is 6.40. The summed E-state index contributed by atoms with van der Waals surface area (Å²) in [6, 6.07) is 3.56. The molecule has 2 aromatic rings. The molecule has 3 N–H and O–H groups in total. The maximum atomic E-state index is 13.1. The van der Waals surface area contributed by atoms with E-state index in [0.717, 1.165) is 42.5 Å². The quantitative estimate of drug-likeness (QED) is 0.618. The Balaban J connectivity index is 1.58. The molecule has 0 aliphatic heterocycles. The maximum absolute atomic E-state index is 13.1. The molecule has 2 aromatic heterocycles. The number of aliphatic carboxylic acids is 1. The molecule has 0 radical (unpaired) electrons. The Kier molecular flexibility index (Phi) is 6.46. The van der Waals surface area contributed by atoms with Gasteiger partial charge in [-0.25, -0.2) is 0 Å². The highest BCUT2D eigenvalue weighted by Crippen LogP contribution is 2.40. The number of anilines is 1. The molecule has 0 unspecified atom stereocenters. The van der Waals surface area contributed by atoms with Crippen molar-refractivity contribution in [3.63, 3.8) is 0 Å². The highest BCUT2D eigenvalue weighted by Gasteiger charge is 2.37. The van der Waals surface area contributed by atoms with Crippen LogP contribution in [0.1, 0.15) is 65.6 Å². The number of rotatable bonds is 6. The number of carboxylic acid groups (broad SMARTS) is 1. The third-order valence-corrected chi connectivity index (χ3v) is 7.57. The van der Waals surface area contributed by atoms with Crippen LogP contribution in [0.2, 0.25) is 0 Å². The van der Waals surface area contributed by atoms with Crippen LogP contribution < -0.4 is 10.6 Å². The normalized spacial score (nSPS) is 23.1. The van der Waals surface area contributed by atoms with Gasteiger partial charge in [0.2, 0.25) is 5.91 Å². The first-order valence-corrected chi connectivity index (χ1v) is 11.7. The van der Waals surface area contributed by atoms with Crippen LogP contribution in [0.5, 0.6) is 0 Å². The first-order valence-electron chi connectivity index (χ1n) is 10.9. The van der Waals surface area contributed by atoms with Crippen LogP contribution in [-0.2, 0) is 29.0 Å². The van der Waals surface area contributed by atoms with Gasteiger partial charge in [0, 0.05) is 4.88 Å². The van der Waals surface area contributed by atoms with Crippen molar-refractivity contribution in [2.24, 2.45) is 17.8 Å². The summed E-state index contributed by atoms with van der Waals surface area (Å²) in [6.45, 7) is 2.46. The molecular weight excluding hydrogens is 416 g/mol. The lowest BCUT2D eigenvalue weighted by Gasteiger charge is -2.27. The van der Waals surface area contributed by atoms with Crippen LogP contribution in [-0.4, -0.2) is 22.9 Å². The number of hydrogen-bond acceptors (Lipinski definition) is 5. The fourth-order valence-corrected chi connectivity index (χ4v) is 6.10. The first-order chi connectivity index (χ1) is 14.9. The van der Waals surface area contributed by atoms with Gasteiger partial charge < -0.3 is 20.2 Å². The van der Waals surface area contributed by atoms with E-state index in [1.165, 1.54) is 11.3 Å². The average Bonchev–Trinajstić information content (AvgIpc) is 3.39. The fourth-order valence-electron chi connectivity index (χ4n) is 4.69. The van der Waals surface area contributed by atoms with Gasteiger partial charge in [-0.1, -0.05) is 19.8 Å². The second-order valence-electron chi connectivity index (χ2n) is 8.64. The number of fused-ring (bicyclic) bond motifs is 1. The zero-order chi connectivity index (χ0) is 22.0. The number of nitrogens with one attached hydrogen (secondary N) is 2. The van der Waals surface area contributed by atoms with E-state index in [-0.39, 0.29) is 18.4 Å². The molecule has 2 aliphatic rings. The van der Waals surface area contributed by atoms with Gasteiger partial charge in [0.05, 0.1) is 30.2 Å². The van der Waals surface area contributed by atoms with Crippen molar-refractivity contribution in [1.29, 1.82) is 0 Å². The van der Waals surface area contributed by atoms with Crippen LogP contribution in [0, 0.1) is 17.8 Å². The lowest BCUT2D eigenvalue weighted by molar-refractivity contribution is -0.147. The topological polar surface area (TPSA) is 109 Å². The van der Waals surface area contributed by atoms with Crippen LogP contribution in [0.15, 0.2) is 22.8 Å². The van der Waals surface area contributed by atoms with Crippen molar-refractivity contribution in [3.8, 4) is 0 Å². The minimum atomic E-state index is -0.921. The molecule has 0 aromatic carbocycles. The fraction of sp³-hybridized carbons (Fsp3) is 0.522. The summed E-state index contributed by atoms with van der Waals surface area (Å²) in [6.07, 6.45) is 6.99. The SMILES string of the molecule is C[C@@H]1CCc2c(sc(NC(=O)[C@H]3CCCC[C@H]3C(=O)O)c2C(=O)NCc2ccco2)C1. The lowest BCUT2D eigenvalue weighted by Crippen LogP contribution is -2.36. The van der Waals surface area contributed by atoms with Gasteiger partial charge in [-0.2, -0.15) is 0 Å². The average molecular weight is 445 g/mol. The molecule has 0 bridgehead atoms. The molecule has 166 valence electrons. The minimum absolute atomic E-state index is 0.239. The molecule has 1 saturated carbocycles. The molecule has 7 nitrogen and oxygen atoms in total. The van der Waals surface area contributed by atoms with E-state index in [9.17, 15) is 19.5 Å². The molecule has 2 amide bonds. The van der Waals surface area contributed by atoms with Crippen LogP contribution in [0.4, 0.5) is 5.00 Å². The Hall–Kier alpha value is -2.61. The Morgan fingerprint density at radius 2 is 1.97 bits per heavy atom. The van der Waals surface area contributed by atoms with Crippen LogP contribution in [0.25, 0.3) is 0 Å². The smallest absolute Gasteiger partial charge is 0.307 e. The first kappa shape index (κ1) is 21.6. The van der Waals surface area contributed by atoms with Gasteiger partial charge in [-0.05, 0) is 55.7 Å². The van der Waals surface area contributed by atoms with E-state index in [2.05, 4.69) is 17.6 Å². The summed E-state index contributed by atoms with van der Waals surface area (Å²) < 4.78 is 5.30. The van der Waals surface area contributed by atoms with Gasteiger partial charge in [0.25, 0.3) is 5.91 Å². The number of thiophene rings is 1.